The molecule has 0 saturated carbocycles. The summed E-state index contributed by atoms with van der Waals surface area (Å²) in [6, 6.07) is 23.0. The highest BCUT2D eigenvalue weighted by Gasteiger charge is 2.17. The van der Waals surface area contributed by atoms with Crippen molar-refractivity contribution in [3.63, 3.8) is 0 Å². The normalized spacial score (nSPS) is 10.6. The average molecular weight is 375 g/mol. The first kappa shape index (κ1) is 19.7. The van der Waals surface area contributed by atoms with Gasteiger partial charge in [-0.3, -0.25) is 0 Å². The van der Waals surface area contributed by atoms with Crippen LogP contribution < -0.4 is 16.0 Å². The number of aryl methyl sites for hydroxylation is 1. The summed E-state index contributed by atoms with van der Waals surface area (Å²) in [4.78, 5) is 7.20. The third-order valence-corrected chi connectivity index (χ3v) is 4.72. The average Bonchev–Trinajstić information content (AvgIpc) is 2.70. The Balaban J connectivity index is 1.98. The van der Waals surface area contributed by atoms with Gasteiger partial charge in [0, 0.05) is 25.3 Å². The first-order chi connectivity index (χ1) is 13.7. The van der Waals surface area contributed by atoms with Gasteiger partial charge in [0.15, 0.2) is 5.82 Å². The fourth-order valence-corrected chi connectivity index (χ4v) is 3.29. The Labute approximate surface area is 168 Å². The maximum absolute atomic E-state index is 6.40. The topological polar surface area (TPSA) is 54.2 Å². The summed E-state index contributed by atoms with van der Waals surface area (Å²) in [5, 5.41) is 3.53. The lowest BCUT2D eigenvalue weighted by atomic mass is 10.1. The monoisotopic (exact) mass is 374 g/mol. The van der Waals surface area contributed by atoms with Gasteiger partial charge in [0.1, 0.15) is 5.69 Å². The van der Waals surface area contributed by atoms with E-state index in [0.29, 0.717) is 0 Å². The van der Waals surface area contributed by atoms with Crippen LogP contribution in [0, 0.1) is 6.92 Å². The lowest BCUT2D eigenvalue weighted by molar-refractivity contribution is 0.778. The number of nitrogens with two attached hydrogens (primary N) is 1. The SMILES string of the molecule is CCCCNc1c(N)cc(C)nc1N(Cc1ccccc1)Cc1ccccc1. The van der Waals surface area contributed by atoms with Crippen molar-refractivity contribution in [1.82, 2.24) is 4.98 Å². The molecule has 28 heavy (non-hydrogen) atoms. The van der Waals surface area contributed by atoms with Gasteiger partial charge in [0.2, 0.25) is 0 Å². The molecule has 4 nitrogen and oxygen atoms in total. The number of hydrogen-bond donors (Lipinski definition) is 2. The molecule has 0 fully saturated rings. The second kappa shape index (κ2) is 9.79. The van der Waals surface area contributed by atoms with Gasteiger partial charge in [-0.15, -0.1) is 0 Å². The summed E-state index contributed by atoms with van der Waals surface area (Å²) < 4.78 is 0. The Bertz CT molecular complexity index is 821. The molecule has 0 aliphatic heterocycles. The Kier molecular flexibility index (Phi) is 6.90. The molecule has 3 rings (SSSR count). The molecule has 0 spiro atoms. The van der Waals surface area contributed by atoms with E-state index in [1.807, 2.05) is 25.1 Å². The highest BCUT2D eigenvalue weighted by molar-refractivity contribution is 5.79. The van der Waals surface area contributed by atoms with Crippen molar-refractivity contribution in [1.29, 1.82) is 0 Å². The number of nitrogens with zero attached hydrogens (tertiary/aromatic N) is 2. The van der Waals surface area contributed by atoms with E-state index in [4.69, 9.17) is 10.7 Å². The van der Waals surface area contributed by atoms with E-state index in [0.717, 1.165) is 55.4 Å². The van der Waals surface area contributed by atoms with Crippen molar-refractivity contribution in [3.8, 4) is 0 Å². The fraction of sp³-hybridized carbons (Fsp3) is 0.292. The molecule has 146 valence electrons. The van der Waals surface area contributed by atoms with Crippen molar-refractivity contribution in [2.75, 3.05) is 22.5 Å². The van der Waals surface area contributed by atoms with Gasteiger partial charge in [0.25, 0.3) is 0 Å². The number of hydrogen-bond acceptors (Lipinski definition) is 4. The minimum absolute atomic E-state index is 0.754. The molecule has 0 atom stereocenters. The van der Waals surface area contributed by atoms with Crippen molar-refractivity contribution in [2.24, 2.45) is 0 Å². The minimum Gasteiger partial charge on any atom is -0.397 e. The van der Waals surface area contributed by atoms with Crippen LogP contribution in [0.4, 0.5) is 17.2 Å². The molecule has 1 aromatic heterocycles. The molecule has 0 bridgehead atoms. The van der Waals surface area contributed by atoms with Gasteiger partial charge in [0.05, 0.1) is 5.69 Å². The summed E-state index contributed by atoms with van der Waals surface area (Å²) in [5.74, 6) is 0.918. The van der Waals surface area contributed by atoms with Crippen molar-refractivity contribution in [3.05, 3.63) is 83.6 Å². The summed E-state index contributed by atoms with van der Waals surface area (Å²) in [5.41, 5.74) is 11.5. The summed E-state index contributed by atoms with van der Waals surface area (Å²) in [6.07, 6.45) is 2.24. The number of benzene rings is 2. The molecule has 3 N–H and O–H groups in total. The van der Waals surface area contributed by atoms with E-state index in [1.54, 1.807) is 0 Å². The fourth-order valence-electron chi connectivity index (χ4n) is 3.29. The van der Waals surface area contributed by atoms with E-state index < -0.39 is 0 Å². The Morgan fingerprint density at radius 1 is 0.929 bits per heavy atom. The lowest BCUT2D eigenvalue weighted by Gasteiger charge is -2.28. The van der Waals surface area contributed by atoms with Crippen LogP contribution in [0.3, 0.4) is 0 Å². The van der Waals surface area contributed by atoms with Crippen molar-refractivity contribution in [2.45, 2.75) is 39.8 Å². The maximum Gasteiger partial charge on any atom is 0.155 e. The molecule has 0 aliphatic rings. The Morgan fingerprint density at radius 3 is 2.04 bits per heavy atom. The van der Waals surface area contributed by atoms with Gasteiger partial charge in [-0.1, -0.05) is 74.0 Å². The Hall–Kier alpha value is -3.01. The molecular weight excluding hydrogens is 344 g/mol. The van der Waals surface area contributed by atoms with Crippen LogP contribution in [0.2, 0.25) is 0 Å². The first-order valence-electron chi connectivity index (χ1n) is 10.0. The maximum atomic E-state index is 6.40. The second-order valence-electron chi connectivity index (χ2n) is 7.16. The van der Waals surface area contributed by atoms with Crippen LogP contribution in [0.25, 0.3) is 0 Å². The van der Waals surface area contributed by atoms with Crippen LogP contribution in [0.1, 0.15) is 36.6 Å². The molecule has 0 radical (unpaired) electrons. The van der Waals surface area contributed by atoms with E-state index in [2.05, 4.69) is 65.7 Å². The quantitative estimate of drug-likeness (QED) is 0.493. The van der Waals surface area contributed by atoms with Gasteiger partial charge >= 0.3 is 0 Å². The number of rotatable bonds is 9. The number of pyridine rings is 1. The highest BCUT2D eigenvalue weighted by atomic mass is 15.2. The second-order valence-corrected chi connectivity index (χ2v) is 7.16. The van der Waals surface area contributed by atoms with Gasteiger partial charge in [-0.25, -0.2) is 4.98 Å². The molecular formula is C24H30N4. The number of unbranched alkanes of at least 4 members (excludes halogenated alkanes) is 1. The molecule has 0 saturated heterocycles. The number of nitrogens with one attached hydrogen (secondary N) is 1. The van der Waals surface area contributed by atoms with E-state index in [9.17, 15) is 0 Å². The van der Waals surface area contributed by atoms with E-state index in [1.165, 1.54) is 11.1 Å². The zero-order chi connectivity index (χ0) is 19.8. The van der Waals surface area contributed by atoms with Crippen LogP contribution in [0.15, 0.2) is 66.7 Å². The summed E-state index contributed by atoms with van der Waals surface area (Å²) >= 11 is 0. The Morgan fingerprint density at radius 2 is 1.50 bits per heavy atom. The molecule has 3 aromatic rings. The molecule has 0 unspecified atom stereocenters. The standard InChI is InChI=1S/C24H30N4/c1-3-4-15-26-23-22(25)16-19(2)27-24(23)28(17-20-11-7-5-8-12-20)18-21-13-9-6-10-14-21/h5-14,16,26H,3-4,15,17-18H2,1-2H3,(H2,25,27). The third kappa shape index (κ3) is 5.26. The van der Waals surface area contributed by atoms with Crippen molar-refractivity contribution < 1.29 is 0 Å². The zero-order valence-corrected chi connectivity index (χ0v) is 16.9. The first-order valence-corrected chi connectivity index (χ1v) is 10.0. The molecule has 0 amide bonds. The molecule has 0 aliphatic carbocycles. The number of aromatic nitrogens is 1. The van der Waals surface area contributed by atoms with Crippen LogP contribution in [0.5, 0.6) is 0 Å². The van der Waals surface area contributed by atoms with Crippen LogP contribution in [-0.4, -0.2) is 11.5 Å². The van der Waals surface area contributed by atoms with Crippen LogP contribution in [-0.2, 0) is 13.1 Å². The van der Waals surface area contributed by atoms with Gasteiger partial charge in [-0.05, 0) is 30.5 Å². The number of nitrogen functional groups attached to an aromatic ring is 1. The zero-order valence-electron chi connectivity index (χ0n) is 16.9. The van der Waals surface area contributed by atoms with Gasteiger partial charge in [-0.2, -0.15) is 0 Å². The molecule has 1 heterocycles. The smallest absolute Gasteiger partial charge is 0.155 e. The van der Waals surface area contributed by atoms with Crippen LogP contribution >= 0.6 is 0 Å². The number of anilines is 3. The highest BCUT2D eigenvalue weighted by Crippen LogP contribution is 2.32. The predicted molar refractivity (Wildman–Crippen MR) is 120 cm³/mol. The van der Waals surface area contributed by atoms with Crippen molar-refractivity contribution >= 4 is 17.2 Å². The lowest BCUT2D eigenvalue weighted by Crippen LogP contribution is -2.25. The van der Waals surface area contributed by atoms with Gasteiger partial charge < -0.3 is 16.0 Å². The predicted octanol–water partition coefficient (Wildman–Crippen LogP) is 5.39. The van der Waals surface area contributed by atoms with E-state index >= 15 is 0 Å². The molecule has 4 heteroatoms. The third-order valence-electron chi connectivity index (χ3n) is 4.72. The summed E-state index contributed by atoms with van der Waals surface area (Å²) in [6.45, 7) is 6.63. The minimum atomic E-state index is 0.754. The molecule has 2 aromatic carbocycles. The largest absolute Gasteiger partial charge is 0.397 e. The van der Waals surface area contributed by atoms with E-state index in [-0.39, 0.29) is 0 Å². The summed E-state index contributed by atoms with van der Waals surface area (Å²) in [7, 11) is 0.